The molecule has 0 saturated carbocycles. The second kappa shape index (κ2) is 11.3. The Morgan fingerprint density at radius 2 is 1.97 bits per heavy atom. The van der Waals surface area contributed by atoms with E-state index >= 15 is 0 Å². The third-order valence-corrected chi connectivity index (χ3v) is 6.41. The van der Waals surface area contributed by atoms with Gasteiger partial charge in [-0.05, 0) is 37.5 Å². The zero-order chi connectivity index (χ0) is 24.1. The van der Waals surface area contributed by atoms with Gasteiger partial charge in [-0.3, -0.25) is 0 Å². The number of hydrogen-bond acceptors (Lipinski definition) is 5. The van der Waals surface area contributed by atoms with Crippen LogP contribution < -0.4 is 5.32 Å². The Balaban J connectivity index is 2.01. The summed E-state index contributed by atoms with van der Waals surface area (Å²) in [6.07, 6.45) is 0.269. The summed E-state index contributed by atoms with van der Waals surface area (Å²) in [6.45, 7) is 5.32. The largest absolute Gasteiger partial charge is 0.465 e. The van der Waals surface area contributed by atoms with Crippen molar-refractivity contribution in [3.8, 4) is 11.3 Å². The number of aryl methyl sites for hydroxylation is 2. The summed E-state index contributed by atoms with van der Waals surface area (Å²) in [5.74, 6) is 0.577. The molecule has 0 spiro atoms. The van der Waals surface area contributed by atoms with Crippen molar-refractivity contribution in [3.05, 3.63) is 39.6 Å². The normalized spacial score (nSPS) is 20.3. The van der Waals surface area contributed by atoms with E-state index in [2.05, 4.69) is 5.32 Å². The molecule has 2 N–H and O–H groups in total. The lowest BCUT2D eigenvalue weighted by Crippen LogP contribution is -2.43. The van der Waals surface area contributed by atoms with Crippen LogP contribution in [0.15, 0.2) is 18.2 Å². The third kappa shape index (κ3) is 5.50. The number of carboxylic acid groups (broad SMARTS) is 1. The lowest BCUT2D eigenvalue weighted by atomic mass is 10.0. The maximum Gasteiger partial charge on any atom is 0.407 e. The molecule has 1 unspecified atom stereocenters. The standard InChI is InChI=1S/C23H29Cl2FN4O3/c1-4-16-20(14-8-7-13(24)11-15(14)25)27-17(5-2)22(28-16)29-21-18(6-3)30(23(31)32)12-19(21)33-10-9-26/h7-8,11,18-19,21H,4-6,9-10,12H2,1-3H3,(H,28,29)(H,31,32)/t18?,19-,21+/m0/s1. The predicted molar refractivity (Wildman–Crippen MR) is 128 cm³/mol. The number of alkyl halides is 1. The minimum Gasteiger partial charge on any atom is -0.465 e. The van der Waals surface area contributed by atoms with E-state index in [-0.39, 0.29) is 25.2 Å². The zero-order valence-electron chi connectivity index (χ0n) is 18.9. The molecule has 1 aliphatic heterocycles. The van der Waals surface area contributed by atoms with Gasteiger partial charge in [-0.1, -0.05) is 44.0 Å². The third-order valence-electron chi connectivity index (χ3n) is 5.86. The first-order valence-corrected chi connectivity index (χ1v) is 11.9. The van der Waals surface area contributed by atoms with E-state index in [1.807, 2.05) is 26.8 Å². The molecule has 2 aromatic rings. The summed E-state index contributed by atoms with van der Waals surface area (Å²) < 4.78 is 18.5. The van der Waals surface area contributed by atoms with E-state index in [9.17, 15) is 14.3 Å². The van der Waals surface area contributed by atoms with Crippen LogP contribution in [0.1, 0.15) is 38.6 Å². The van der Waals surface area contributed by atoms with Gasteiger partial charge in [-0.2, -0.15) is 0 Å². The first-order chi connectivity index (χ1) is 15.8. The van der Waals surface area contributed by atoms with Crippen LogP contribution in [0.4, 0.5) is 15.0 Å². The molecule has 2 heterocycles. The molecule has 3 atom stereocenters. The van der Waals surface area contributed by atoms with Crippen LogP contribution in [-0.4, -0.2) is 64.1 Å². The molecule has 10 heteroatoms. The minimum absolute atomic E-state index is 0.0900. The van der Waals surface area contributed by atoms with E-state index in [0.29, 0.717) is 40.8 Å². The average Bonchev–Trinajstić information content (AvgIpc) is 3.15. The summed E-state index contributed by atoms with van der Waals surface area (Å²) in [5, 5.41) is 14.1. The van der Waals surface area contributed by atoms with E-state index in [1.54, 1.807) is 12.1 Å². The van der Waals surface area contributed by atoms with Crippen molar-refractivity contribution in [1.29, 1.82) is 0 Å². The second-order valence-corrected chi connectivity index (χ2v) is 8.67. The van der Waals surface area contributed by atoms with Crippen molar-refractivity contribution in [2.45, 2.75) is 58.2 Å². The molecule has 1 fully saturated rings. The Kier molecular flexibility index (Phi) is 8.73. The topological polar surface area (TPSA) is 87.6 Å². The molecule has 0 radical (unpaired) electrons. The van der Waals surface area contributed by atoms with Crippen molar-refractivity contribution in [1.82, 2.24) is 14.9 Å². The average molecular weight is 499 g/mol. The molecule has 3 rings (SSSR count). The number of nitrogens with zero attached hydrogens (tertiary/aromatic N) is 3. The van der Waals surface area contributed by atoms with Gasteiger partial charge in [0.15, 0.2) is 0 Å². The molecule has 1 aromatic carbocycles. The van der Waals surface area contributed by atoms with E-state index in [0.717, 1.165) is 17.0 Å². The molecule has 1 aromatic heterocycles. The van der Waals surface area contributed by atoms with Crippen molar-refractivity contribution in [2.24, 2.45) is 0 Å². The molecule has 1 amide bonds. The summed E-state index contributed by atoms with van der Waals surface area (Å²) in [6, 6.07) is 4.55. The Bertz CT molecular complexity index is 994. The molecule has 0 aliphatic carbocycles. The molecule has 1 saturated heterocycles. The number of ether oxygens (including phenoxy) is 1. The number of amides is 1. The van der Waals surface area contributed by atoms with Gasteiger partial charge < -0.3 is 20.1 Å². The van der Waals surface area contributed by atoms with E-state index in [1.165, 1.54) is 4.90 Å². The second-order valence-electron chi connectivity index (χ2n) is 7.82. The number of anilines is 1. The first-order valence-electron chi connectivity index (χ1n) is 11.1. The van der Waals surface area contributed by atoms with Gasteiger partial charge in [-0.25, -0.2) is 19.2 Å². The summed E-state index contributed by atoms with van der Waals surface area (Å²) in [7, 11) is 0. The van der Waals surface area contributed by atoms with Gasteiger partial charge in [0.2, 0.25) is 0 Å². The fourth-order valence-electron chi connectivity index (χ4n) is 4.29. The van der Waals surface area contributed by atoms with Crippen molar-refractivity contribution >= 4 is 35.1 Å². The van der Waals surface area contributed by atoms with Gasteiger partial charge in [0.1, 0.15) is 12.5 Å². The first kappa shape index (κ1) is 25.5. The monoisotopic (exact) mass is 498 g/mol. The molecule has 33 heavy (non-hydrogen) atoms. The molecule has 1 aliphatic rings. The highest BCUT2D eigenvalue weighted by Crippen LogP contribution is 2.34. The Labute approximate surface area is 203 Å². The molecule has 180 valence electrons. The van der Waals surface area contributed by atoms with Crippen LogP contribution in [0.2, 0.25) is 10.0 Å². The fraction of sp³-hybridized carbons (Fsp3) is 0.522. The van der Waals surface area contributed by atoms with Crippen molar-refractivity contribution in [3.63, 3.8) is 0 Å². The lowest BCUT2D eigenvalue weighted by molar-refractivity contribution is 0.0450. The van der Waals surface area contributed by atoms with Crippen molar-refractivity contribution in [2.75, 3.05) is 25.1 Å². The van der Waals surface area contributed by atoms with E-state index in [4.69, 9.17) is 37.9 Å². The Morgan fingerprint density at radius 1 is 1.24 bits per heavy atom. The van der Waals surface area contributed by atoms with Crippen LogP contribution in [-0.2, 0) is 17.6 Å². The van der Waals surface area contributed by atoms with Gasteiger partial charge >= 0.3 is 6.09 Å². The molecule has 0 bridgehead atoms. The summed E-state index contributed by atoms with van der Waals surface area (Å²) in [4.78, 5) is 22.9. The van der Waals surface area contributed by atoms with E-state index < -0.39 is 18.9 Å². The van der Waals surface area contributed by atoms with Crippen LogP contribution in [0.25, 0.3) is 11.3 Å². The number of benzene rings is 1. The van der Waals surface area contributed by atoms with Crippen LogP contribution in [0.3, 0.4) is 0 Å². The van der Waals surface area contributed by atoms with Gasteiger partial charge in [-0.15, -0.1) is 0 Å². The number of hydrogen-bond donors (Lipinski definition) is 2. The van der Waals surface area contributed by atoms with Gasteiger partial charge in [0, 0.05) is 10.6 Å². The number of rotatable bonds is 9. The van der Waals surface area contributed by atoms with Crippen LogP contribution in [0, 0.1) is 0 Å². The zero-order valence-corrected chi connectivity index (χ0v) is 20.5. The highest BCUT2D eigenvalue weighted by molar-refractivity contribution is 6.36. The van der Waals surface area contributed by atoms with Gasteiger partial charge in [0.05, 0.1) is 53.4 Å². The van der Waals surface area contributed by atoms with Crippen LogP contribution >= 0.6 is 23.2 Å². The summed E-state index contributed by atoms with van der Waals surface area (Å²) >= 11 is 12.5. The number of likely N-dealkylation sites (tertiary alicyclic amines) is 1. The SMILES string of the molecule is CCc1nc(-c2ccc(Cl)cc2Cl)c(CC)nc1N[C@@H]1C(CC)N(C(=O)O)C[C@@H]1OCCF. The lowest BCUT2D eigenvalue weighted by Gasteiger charge is -2.28. The molecular formula is C23H29Cl2FN4O3. The fourth-order valence-corrected chi connectivity index (χ4v) is 4.79. The predicted octanol–water partition coefficient (Wildman–Crippen LogP) is 5.48. The number of aromatic nitrogens is 2. The van der Waals surface area contributed by atoms with Crippen LogP contribution in [0.5, 0.6) is 0 Å². The highest BCUT2D eigenvalue weighted by atomic mass is 35.5. The highest BCUT2D eigenvalue weighted by Gasteiger charge is 2.44. The maximum absolute atomic E-state index is 12.8. The quantitative estimate of drug-likeness (QED) is 0.475. The Hall–Kier alpha value is -2.16. The molecule has 7 nitrogen and oxygen atoms in total. The van der Waals surface area contributed by atoms with Gasteiger partial charge in [0.25, 0.3) is 0 Å². The smallest absolute Gasteiger partial charge is 0.407 e. The summed E-state index contributed by atoms with van der Waals surface area (Å²) in [5.41, 5.74) is 2.92. The number of nitrogens with one attached hydrogen (secondary N) is 1. The number of carbonyl (C=O) groups is 1. The maximum atomic E-state index is 12.8. The van der Waals surface area contributed by atoms with Crippen molar-refractivity contribution < 1.29 is 19.0 Å². The number of halogens is 3. The molecular weight excluding hydrogens is 470 g/mol. The minimum atomic E-state index is -1.02. The Morgan fingerprint density at radius 3 is 2.55 bits per heavy atom.